The summed E-state index contributed by atoms with van der Waals surface area (Å²) in [6.07, 6.45) is 1.71. The van der Waals surface area contributed by atoms with Gasteiger partial charge in [0.1, 0.15) is 6.33 Å². The summed E-state index contributed by atoms with van der Waals surface area (Å²) < 4.78 is 6.66. The van der Waals surface area contributed by atoms with Crippen LogP contribution in [0.2, 0.25) is 5.15 Å². The number of aromatic nitrogens is 4. The maximum Gasteiger partial charge on any atom is 0.351 e. The zero-order valence-corrected chi connectivity index (χ0v) is 11.6. The molecule has 9 heteroatoms. The number of esters is 1. The lowest BCUT2D eigenvalue weighted by molar-refractivity contribution is 0.0606. The van der Waals surface area contributed by atoms with Crippen LogP contribution in [0.4, 0.5) is 5.13 Å². The molecule has 1 aliphatic heterocycles. The van der Waals surface area contributed by atoms with E-state index in [0.29, 0.717) is 16.6 Å². The zero-order valence-electron chi connectivity index (χ0n) is 10.0. The van der Waals surface area contributed by atoms with E-state index in [1.54, 1.807) is 6.33 Å². The molecule has 0 spiro atoms. The van der Waals surface area contributed by atoms with Crippen molar-refractivity contribution in [3.05, 3.63) is 22.2 Å². The summed E-state index contributed by atoms with van der Waals surface area (Å²) in [7, 11) is 1.32. The van der Waals surface area contributed by atoms with Crippen molar-refractivity contribution in [1.82, 2.24) is 19.7 Å². The minimum absolute atomic E-state index is 0.180. The number of rotatable bonds is 2. The molecule has 19 heavy (non-hydrogen) atoms. The second-order valence-electron chi connectivity index (χ2n) is 3.97. The van der Waals surface area contributed by atoms with Crippen molar-refractivity contribution in [3.63, 3.8) is 0 Å². The van der Waals surface area contributed by atoms with E-state index in [4.69, 9.17) is 11.6 Å². The van der Waals surface area contributed by atoms with Gasteiger partial charge in [-0.25, -0.2) is 9.78 Å². The standard InChI is InChI=1S/C10H10ClN5O2S/c1-18-9(17)7-8(11)13-10(19-7)15-2-3-16-5-12-14-6(16)4-15/h5H,2-4H2,1H3. The van der Waals surface area contributed by atoms with Gasteiger partial charge in [-0.3, -0.25) is 0 Å². The van der Waals surface area contributed by atoms with Gasteiger partial charge in [-0.15, -0.1) is 10.2 Å². The van der Waals surface area contributed by atoms with Crippen molar-refractivity contribution in [2.75, 3.05) is 18.6 Å². The second-order valence-corrected chi connectivity index (χ2v) is 5.31. The highest BCUT2D eigenvalue weighted by Gasteiger charge is 2.24. The molecule has 0 unspecified atom stereocenters. The number of hydrogen-bond acceptors (Lipinski definition) is 7. The van der Waals surface area contributed by atoms with Gasteiger partial charge in [0, 0.05) is 13.1 Å². The van der Waals surface area contributed by atoms with Crippen LogP contribution < -0.4 is 4.90 Å². The number of anilines is 1. The fraction of sp³-hybridized carbons (Fsp3) is 0.400. The van der Waals surface area contributed by atoms with Crippen LogP contribution in [0.25, 0.3) is 0 Å². The van der Waals surface area contributed by atoms with Gasteiger partial charge in [0.15, 0.2) is 21.0 Å². The number of halogens is 1. The molecule has 2 aromatic rings. The van der Waals surface area contributed by atoms with E-state index in [2.05, 4.69) is 19.9 Å². The quantitative estimate of drug-likeness (QED) is 0.776. The molecule has 0 amide bonds. The zero-order chi connectivity index (χ0) is 13.4. The number of fused-ring (bicyclic) bond motifs is 1. The Hall–Kier alpha value is -1.67. The lowest BCUT2D eigenvalue weighted by atomic mass is 10.4. The molecule has 3 rings (SSSR count). The molecule has 0 saturated heterocycles. The highest BCUT2D eigenvalue weighted by atomic mass is 35.5. The van der Waals surface area contributed by atoms with Crippen LogP contribution in [0, 0.1) is 0 Å². The number of hydrogen-bond donors (Lipinski definition) is 0. The molecular weight excluding hydrogens is 290 g/mol. The molecule has 0 aliphatic carbocycles. The molecule has 0 N–H and O–H groups in total. The highest BCUT2D eigenvalue weighted by Crippen LogP contribution is 2.31. The van der Waals surface area contributed by atoms with Crippen LogP contribution in [0.5, 0.6) is 0 Å². The summed E-state index contributed by atoms with van der Waals surface area (Å²) in [4.78, 5) is 18.1. The van der Waals surface area contributed by atoms with E-state index in [9.17, 15) is 4.79 Å². The molecule has 7 nitrogen and oxygen atoms in total. The van der Waals surface area contributed by atoms with Crippen LogP contribution in [0.3, 0.4) is 0 Å². The normalized spacial score (nSPS) is 14.3. The van der Waals surface area contributed by atoms with Crippen LogP contribution in [0.1, 0.15) is 15.5 Å². The molecule has 0 fully saturated rings. The highest BCUT2D eigenvalue weighted by molar-refractivity contribution is 7.18. The molecule has 0 aromatic carbocycles. The van der Waals surface area contributed by atoms with Gasteiger partial charge in [-0.05, 0) is 0 Å². The first-order valence-corrected chi connectivity index (χ1v) is 6.74. The number of carbonyl (C=O) groups excluding carboxylic acids is 1. The largest absolute Gasteiger partial charge is 0.465 e. The van der Waals surface area contributed by atoms with E-state index >= 15 is 0 Å². The Labute approximate surface area is 117 Å². The van der Waals surface area contributed by atoms with Crippen molar-refractivity contribution >= 4 is 34.0 Å². The molecule has 3 heterocycles. The van der Waals surface area contributed by atoms with E-state index in [0.717, 1.165) is 18.9 Å². The van der Waals surface area contributed by atoms with Gasteiger partial charge < -0.3 is 14.2 Å². The van der Waals surface area contributed by atoms with Crippen LogP contribution in [-0.4, -0.2) is 39.4 Å². The smallest absolute Gasteiger partial charge is 0.351 e. The van der Waals surface area contributed by atoms with Gasteiger partial charge in [-0.2, -0.15) is 0 Å². The molecule has 0 atom stereocenters. The summed E-state index contributed by atoms with van der Waals surface area (Å²) in [6.45, 7) is 2.16. The van der Waals surface area contributed by atoms with Gasteiger partial charge in [0.25, 0.3) is 0 Å². The Kier molecular flexibility index (Phi) is 3.11. The van der Waals surface area contributed by atoms with Crippen molar-refractivity contribution in [2.24, 2.45) is 0 Å². The molecule has 0 saturated carbocycles. The van der Waals surface area contributed by atoms with E-state index in [-0.39, 0.29) is 5.15 Å². The lowest BCUT2D eigenvalue weighted by Crippen LogP contribution is -2.33. The van der Waals surface area contributed by atoms with Crippen LogP contribution >= 0.6 is 22.9 Å². The van der Waals surface area contributed by atoms with Crippen molar-refractivity contribution in [1.29, 1.82) is 0 Å². The van der Waals surface area contributed by atoms with Gasteiger partial charge in [-0.1, -0.05) is 22.9 Å². The summed E-state index contributed by atoms with van der Waals surface area (Å²) in [5.74, 6) is 0.408. The van der Waals surface area contributed by atoms with Gasteiger partial charge in [0.05, 0.1) is 13.7 Å². The van der Waals surface area contributed by atoms with E-state index < -0.39 is 5.97 Å². The average molecular weight is 300 g/mol. The number of methoxy groups -OCH3 is 1. The van der Waals surface area contributed by atoms with E-state index in [1.807, 2.05) is 9.47 Å². The molecule has 1 aliphatic rings. The number of nitrogens with zero attached hydrogens (tertiary/aromatic N) is 5. The Morgan fingerprint density at radius 2 is 2.37 bits per heavy atom. The maximum absolute atomic E-state index is 11.5. The van der Waals surface area contributed by atoms with Crippen molar-refractivity contribution in [3.8, 4) is 0 Å². The van der Waals surface area contributed by atoms with Crippen LogP contribution in [-0.2, 0) is 17.8 Å². The SMILES string of the molecule is COC(=O)c1sc(N2CCn3cnnc3C2)nc1Cl. The third kappa shape index (κ3) is 2.17. The topological polar surface area (TPSA) is 73.1 Å². The monoisotopic (exact) mass is 299 g/mol. The lowest BCUT2D eigenvalue weighted by Gasteiger charge is -2.26. The average Bonchev–Trinajstić information content (AvgIpc) is 3.03. The molecule has 100 valence electrons. The molecule has 0 bridgehead atoms. The van der Waals surface area contributed by atoms with Crippen LogP contribution in [0.15, 0.2) is 6.33 Å². The number of thiazole rings is 1. The van der Waals surface area contributed by atoms with E-state index in [1.165, 1.54) is 18.4 Å². The number of carbonyl (C=O) groups is 1. The van der Waals surface area contributed by atoms with Gasteiger partial charge >= 0.3 is 5.97 Å². The Morgan fingerprint density at radius 3 is 3.16 bits per heavy atom. The molecule has 2 aromatic heterocycles. The first-order valence-electron chi connectivity index (χ1n) is 5.55. The summed E-state index contributed by atoms with van der Waals surface area (Å²) in [5.41, 5.74) is 0. The number of ether oxygens (including phenoxy) is 1. The predicted molar refractivity (Wildman–Crippen MR) is 69.5 cm³/mol. The summed E-state index contributed by atoms with van der Waals surface area (Å²) in [6, 6.07) is 0. The Bertz CT molecular complexity index is 625. The second kappa shape index (κ2) is 4.78. The third-order valence-corrected chi connectivity index (χ3v) is 4.34. The Balaban J connectivity index is 1.86. The predicted octanol–water partition coefficient (Wildman–Crippen LogP) is 1.19. The maximum atomic E-state index is 11.5. The van der Waals surface area contributed by atoms with Crippen molar-refractivity contribution in [2.45, 2.75) is 13.1 Å². The minimum Gasteiger partial charge on any atom is -0.465 e. The first kappa shape index (κ1) is 12.4. The third-order valence-electron chi connectivity index (χ3n) is 2.85. The molecule has 0 radical (unpaired) electrons. The fourth-order valence-corrected chi connectivity index (χ4v) is 3.10. The first-order chi connectivity index (χ1) is 9.19. The molecular formula is C10H10ClN5O2S. The van der Waals surface area contributed by atoms with Crippen molar-refractivity contribution < 1.29 is 9.53 Å². The minimum atomic E-state index is -0.464. The van der Waals surface area contributed by atoms with Gasteiger partial charge in [0.2, 0.25) is 0 Å². The summed E-state index contributed by atoms with van der Waals surface area (Å²) >= 11 is 7.18. The Morgan fingerprint density at radius 1 is 1.53 bits per heavy atom. The summed E-state index contributed by atoms with van der Waals surface area (Å²) in [5, 5.41) is 8.78. The fourth-order valence-electron chi connectivity index (χ4n) is 1.87.